The fourth-order valence-electron chi connectivity index (χ4n) is 1.15. The molecule has 1 rings (SSSR count). The average Bonchev–Trinajstić information content (AvgIpc) is 2.25. The number of carbonyl (C=O) groups is 2. The minimum Gasteiger partial charge on any atom is -0.355 e. The van der Waals surface area contributed by atoms with E-state index in [1.54, 1.807) is 6.07 Å². The summed E-state index contributed by atoms with van der Waals surface area (Å²) in [4.78, 5) is 21.2. The SMILES string of the molecule is CNC(=O)c1ccc(CNC=O)cc1F. The first-order valence-corrected chi connectivity index (χ1v) is 4.36. The normalized spacial score (nSPS) is 9.47. The fraction of sp³-hybridized carbons (Fsp3) is 0.200. The lowest BCUT2D eigenvalue weighted by Crippen LogP contribution is -2.19. The van der Waals surface area contributed by atoms with E-state index in [0.29, 0.717) is 12.0 Å². The zero-order chi connectivity index (χ0) is 11.3. The monoisotopic (exact) mass is 210 g/mol. The molecule has 0 bridgehead atoms. The van der Waals surface area contributed by atoms with Gasteiger partial charge in [-0.25, -0.2) is 4.39 Å². The molecule has 0 radical (unpaired) electrons. The van der Waals surface area contributed by atoms with E-state index in [9.17, 15) is 14.0 Å². The Labute approximate surface area is 86.5 Å². The van der Waals surface area contributed by atoms with E-state index in [2.05, 4.69) is 10.6 Å². The molecule has 0 heterocycles. The highest BCUT2D eigenvalue weighted by Gasteiger charge is 2.09. The second-order valence-electron chi connectivity index (χ2n) is 2.89. The van der Waals surface area contributed by atoms with Gasteiger partial charge in [0, 0.05) is 13.6 Å². The van der Waals surface area contributed by atoms with Crippen molar-refractivity contribution in [1.29, 1.82) is 0 Å². The summed E-state index contributed by atoms with van der Waals surface area (Å²) in [6, 6.07) is 4.20. The summed E-state index contributed by atoms with van der Waals surface area (Å²) >= 11 is 0. The molecule has 0 aliphatic rings. The van der Waals surface area contributed by atoms with Crippen molar-refractivity contribution >= 4 is 12.3 Å². The molecule has 0 aromatic heterocycles. The molecule has 0 fully saturated rings. The van der Waals surface area contributed by atoms with Crippen LogP contribution >= 0.6 is 0 Å². The molecule has 0 spiro atoms. The Morgan fingerprint density at radius 2 is 2.27 bits per heavy atom. The number of hydrogen-bond acceptors (Lipinski definition) is 2. The van der Waals surface area contributed by atoms with Gasteiger partial charge >= 0.3 is 0 Å². The molecule has 80 valence electrons. The Bertz CT molecular complexity index is 380. The van der Waals surface area contributed by atoms with E-state index in [1.165, 1.54) is 19.2 Å². The average molecular weight is 210 g/mol. The lowest BCUT2D eigenvalue weighted by molar-refractivity contribution is -0.109. The van der Waals surface area contributed by atoms with Gasteiger partial charge in [-0.1, -0.05) is 6.07 Å². The molecular formula is C10H11FN2O2. The summed E-state index contributed by atoms with van der Waals surface area (Å²) < 4.78 is 13.3. The van der Waals surface area contributed by atoms with Gasteiger partial charge in [-0.2, -0.15) is 0 Å². The molecule has 0 saturated heterocycles. The number of rotatable bonds is 4. The maximum atomic E-state index is 13.3. The summed E-state index contributed by atoms with van der Waals surface area (Å²) in [6.45, 7) is 0.244. The molecule has 1 aromatic rings. The topological polar surface area (TPSA) is 58.2 Å². The molecule has 0 saturated carbocycles. The highest BCUT2D eigenvalue weighted by Crippen LogP contribution is 2.10. The Morgan fingerprint density at radius 1 is 1.53 bits per heavy atom. The molecule has 15 heavy (non-hydrogen) atoms. The number of amides is 2. The summed E-state index contributed by atoms with van der Waals surface area (Å²) in [7, 11) is 1.43. The van der Waals surface area contributed by atoms with E-state index in [4.69, 9.17) is 0 Å². The number of nitrogens with one attached hydrogen (secondary N) is 2. The molecular weight excluding hydrogens is 199 g/mol. The third-order valence-corrected chi connectivity index (χ3v) is 1.89. The van der Waals surface area contributed by atoms with Crippen molar-refractivity contribution in [3.8, 4) is 0 Å². The Morgan fingerprint density at radius 3 is 2.80 bits per heavy atom. The van der Waals surface area contributed by atoms with Crippen LogP contribution in [0, 0.1) is 5.82 Å². The van der Waals surface area contributed by atoms with Crippen LogP contribution < -0.4 is 10.6 Å². The van der Waals surface area contributed by atoms with Crippen LogP contribution in [-0.2, 0) is 11.3 Å². The second-order valence-corrected chi connectivity index (χ2v) is 2.89. The minimum atomic E-state index is -0.598. The van der Waals surface area contributed by atoms with Crippen LogP contribution in [0.15, 0.2) is 18.2 Å². The zero-order valence-corrected chi connectivity index (χ0v) is 8.21. The van der Waals surface area contributed by atoms with Gasteiger partial charge < -0.3 is 10.6 Å². The van der Waals surface area contributed by atoms with E-state index in [-0.39, 0.29) is 12.1 Å². The Kier molecular flexibility index (Phi) is 3.79. The third-order valence-electron chi connectivity index (χ3n) is 1.89. The van der Waals surface area contributed by atoms with Crippen LogP contribution in [0.2, 0.25) is 0 Å². The van der Waals surface area contributed by atoms with Gasteiger partial charge in [0.15, 0.2) is 0 Å². The standard InChI is InChI=1S/C10H11FN2O2/c1-12-10(15)8-3-2-7(4-9(8)11)5-13-6-14/h2-4,6H,5H2,1H3,(H,12,15)(H,13,14). The Hall–Kier alpha value is -1.91. The van der Waals surface area contributed by atoms with Crippen molar-refractivity contribution in [3.63, 3.8) is 0 Å². The van der Waals surface area contributed by atoms with Crippen molar-refractivity contribution in [1.82, 2.24) is 10.6 Å². The van der Waals surface area contributed by atoms with Crippen molar-refractivity contribution < 1.29 is 14.0 Å². The maximum absolute atomic E-state index is 13.3. The van der Waals surface area contributed by atoms with Crippen molar-refractivity contribution in [2.75, 3.05) is 7.05 Å². The van der Waals surface area contributed by atoms with E-state index in [1.807, 2.05) is 0 Å². The smallest absolute Gasteiger partial charge is 0.253 e. The molecule has 1 aromatic carbocycles. The number of benzene rings is 1. The molecule has 0 unspecified atom stereocenters. The molecule has 0 atom stereocenters. The zero-order valence-electron chi connectivity index (χ0n) is 8.21. The van der Waals surface area contributed by atoms with Crippen molar-refractivity contribution in [2.45, 2.75) is 6.54 Å². The lowest BCUT2D eigenvalue weighted by Gasteiger charge is -2.04. The van der Waals surface area contributed by atoms with Crippen molar-refractivity contribution in [2.24, 2.45) is 0 Å². The van der Waals surface area contributed by atoms with Gasteiger partial charge in [0.2, 0.25) is 6.41 Å². The molecule has 2 N–H and O–H groups in total. The van der Waals surface area contributed by atoms with Gasteiger partial charge in [0.05, 0.1) is 5.56 Å². The quantitative estimate of drug-likeness (QED) is 0.708. The van der Waals surface area contributed by atoms with E-state index >= 15 is 0 Å². The molecule has 4 nitrogen and oxygen atoms in total. The van der Waals surface area contributed by atoms with Gasteiger partial charge in [0.25, 0.3) is 5.91 Å². The first-order valence-electron chi connectivity index (χ1n) is 4.36. The minimum absolute atomic E-state index is 0.00708. The van der Waals surface area contributed by atoms with E-state index in [0.717, 1.165) is 0 Å². The summed E-state index contributed by atoms with van der Waals surface area (Å²) in [5, 5.41) is 4.74. The van der Waals surface area contributed by atoms with E-state index < -0.39 is 11.7 Å². The van der Waals surface area contributed by atoms with Crippen LogP contribution in [0.25, 0.3) is 0 Å². The number of halogens is 1. The molecule has 2 amide bonds. The maximum Gasteiger partial charge on any atom is 0.253 e. The number of carbonyl (C=O) groups excluding carboxylic acids is 2. The Balaban J connectivity index is 2.87. The predicted octanol–water partition coefficient (Wildman–Crippen LogP) is 0.431. The third kappa shape index (κ3) is 2.77. The van der Waals surface area contributed by atoms with Gasteiger partial charge in [-0.05, 0) is 17.7 Å². The summed E-state index contributed by atoms with van der Waals surface area (Å²) in [6.07, 6.45) is 0.532. The summed E-state index contributed by atoms with van der Waals surface area (Å²) in [5.41, 5.74) is 0.597. The largest absolute Gasteiger partial charge is 0.355 e. The van der Waals surface area contributed by atoms with Crippen molar-refractivity contribution in [3.05, 3.63) is 35.1 Å². The highest BCUT2D eigenvalue weighted by atomic mass is 19.1. The lowest BCUT2D eigenvalue weighted by atomic mass is 10.1. The van der Waals surface area contributed by atoms with Crippen LogP contribution in [0.5, 0.6) is 0 Å². The van der Waals surface area contributed by atoms with Gasteiger partial charge in [-0.15, -0.1) is 0 Å². The molecule has 0 aliphatic heterocycles. The van der Waals surface area contributed by atoms with Gasteiger partial charge in [0.1, 0.15) is 5.82 Å². The van der Waals surface area contributed by atoms with Gasteiger partial charge in [-0.3, -0.25) is 9.59 Å². The first-order chi connectivity index (χ1) is 7.19. The highest BCUT2D eigenvalue weighted by molar-refractivity contribution is 5.94. The number of hydrogen-bond donors (Lipinski definition) is 2. The first kappa shape index (κ1) is 11.2. The molecule has 0 aliphatic carbocycles. The molecule has 5 heteroatoms. The summed E-state index contributed by atoms with van der Waals surface area (Å²) in [5.74, 6) is -1.07. The predicted molar refractivity (Wildman–Crippen MR) is 52.7 cm³/mol. The van der Waals surface area contributed by atoms with Crippen LogP contribution in [0.3, 0.4) is 0 Å². The second kappa shape index (κ2) is 5.09. The van der Waals surface area contributed by atoms with Crippen LogP contribution in [-0.4, -0.2) is 19.4 Å². The van der Waals surface area contributed by atoms with Crippen LogP contribution in [0.4, 0.5) is 4.39 Å². The van der Waals surface area contributed by atoms with Crippen LogP contribution in [0.1, 0.15) is 15.9 Å². The fourth-order valence-corrected chi connectivity index (χ4v) is 1.15.